The second-order valence-electron chi connectivity index (χ2n) is 5.46. The van der Waals surface area contributed by atoms with Crippen molar-refractivity contribution in [2.24, 2.45) is 11.7 Å². The number of carbonyl (C=O) groups excluding carboxylic acids is 1. The molecular formula is C16H24N2O. The number of nitrogens with one attached hydrogen (secondary N) is 1. The summed E-state index contributed by atoms with van der Waals surface area (Å²) in [7, 11) is 0. The minimum atomic E-state index is 0.179. The highest BCUT2D eigenvalue weighted by Crippen LogP contribution is 2.26. The van der Waals surface area contributed by atoms with Crippen LogP contribution in [-0.2, 0) is 17.9 Å². The van der Waals surface area contributed by atoms with Gasteiger partial charge in [0.25, 0.3) is 0 Å². The summed E-state index contributed by atoms with van der Waals surface area (Å²) in [6.07, 6.45) is 7.02. The zero-order chi connectivity index (χ0) is 13.5. The number of rotatable bonds is 5. The lowest BCUT2D eigenvalue weighted by Crippen LogP contribution is -2.26. The molecule has 0 bridgehead atoms. The molecule has 0 saturated heterocycles. The molecule has 2 rings (SSSR count). The molecule has 0 spiro atoms. The van der Waals surface area contributed by atoms with Crippen molar-refractivity contribution in [1.82, 2.24) is 5.32 Å². The third-order valence-corrected chi connectivity index (χ3v) is 4.01. The van der Waals surface area contributed by atoms with Crippen LogP contribution in [0.25, 0.3) is 0 Å². The molecule has 0 heterocycles. The molecular weight excluding hydrogens is 236 g/mol. The lowest BCUT2D eigenvalue weighted by molar-refractivity contribution is -0.122. The zero-order valence-electron chi connectivity index (χ0n) is 11.5. The first-order valence-corrected chi connectivity index (χ1v) is 7.33. The summed E-state index contributed by atoms with van der Waals surface area (Å²) in [5, 5.41) is 3.03. The van der Waals surface area contributed by atoms with Gasteiger partial charge in [-0.15, -0.1) is 0 Å². The standard InChI is InChI=1S/C16H24N2O/c17-11-14-8-4-5-9-15(14)12-18-16(19)10-13-6-2-1-3-7-13/h4-5,8-9,13H,1-3,6-7,10-12,17H2,(H,18,19). The van der Waals surface area contributed by atoms with Gasteiger partial charge in [0.15, 0.2) is 0 Å². The molecule has 0 atom stereocenters. The van der Waals surface area contributed by atoms with Gasteiger partial charge < -0.3 is 11.1 Å². The van der Waals surface area contributed by atoms with Gasteiger partial charge in [0.1, 0.15) is 0 Å². The van der Waals surface area contributed by atoms with E-state index in [1.54, 1.807) is 0 Å². The third kappa shape index (κ3) is 4.35. The molecule has 1 aromatic carbocycles. The van der Waals surface area contributed by atoms with E-state index in [0.717, 1.165) is 11.1 Å². The van der Waals surface area contributed by atoms with Crippen molar-refractivity contribution in [3.8, 4) is 0 Å². The van der Waals surface area contributed by atoms with Crippen molar-refractivity contribution >= 4 is 5.91 Å². The Balaban J connectivity index is 1.79. The quantitative estimate of drug-likeness (QED) is 0.855. The predicted molar refractivity (Wildman–Crippen MR) is 77.4 cm³/mol. The summed E-state index contributed by atoms with van der Waals surface area (Å²) < 4.78 is 0. The summed E-state index contributed by atoms with van der Waals surface area (Å²) in [5.74, 6) is 0.775. The number of carbonyl (C=O) groups is 1. The van der Waals surface area contributed by atoms with Gasteiger partial charge in [-0.25, -0.2) is 0 Å². The normalized spacial score (nSPS) is 16.3. The van der Waals surface area contributed by atoms with E-state index in [4.69, 9.17) is 5.73 Å². The minimum Gasteiger partial charge on any atom is -0.352 e. The fourth-order valence-electron chi connectivity index (χ4n) is 2.85. The van der Waals surface area contributed by atoms with Gasteiger partial charge in [-0.1, -0.05) is 43.5 Å². The highest BCUT2D eigenvalue weighted by molar-refractivity contribution is 5.76. The van der Waals surface area contributed by atoms with Crippen molar-refractivity contribution in [1.29, 1.82) is 0 Å². The Morgan fingerprint density at radius 3 is 2.53 bits per heavy atom. The van der Waals surface area contributed by atoms with E-state index in [0.29, 0.717) is 25.4 Å². The van der Waals surface area contributed by atoms with Gasteiger partial charge >= 0.3 is 0 Å². The Morgan fingerprint density at radius 1 is 1.16 bits per heavy atom. The highest BCUT2D eigenvalue weighted by atomic mass is 16.1. The van der Waals surface area contributed by atoms with Crippen LogP contribution in [0, 0.1) is 5.92 Å². The topological polar surface area (TPSA) is 55.1 Å². The Bertz CT molecular complexity index is 411. The molecule has 1 amide bonds. The molecule has 1 aromatic rings. The van der Waals surface area contributed by atoms with Crippen LogP contribution >= 0.6 is 0 Å². The van der Waals surface area contributed by atoms with E-state index in [1.165, 1.54) is 32.1 Å². The second kappa shape index (κ2) is 7.29. The summed E-state index contributed by atoms with van der Waals surface area (Å²) in [6.45, 7) is 1.12. The molecule has 0 radical (unpaired) electrons. The molecule has 3 nitrogen and oxygen atoms in total. The van der Waals surface area contributed by atoms with Crippen LogP contribution in [0.5, 0.6) is 0 Å². The van der Waals surface area contributed by atoms with Crippen LogP contribution in [0.3, 0.4) is 0 Å². The summed E-state index contributed by atoms with van der Waals surface area (Å²) >= 11 is 0. The maximum absolute atomic E-state index is 11.9. The van der Waals surface area contributed by atoms with Crippen molar-refractivity contribution in [2.45, 2.75) is 51.6 Å². The monoisotopic (exact) mass is 260 g/mol. The molecule has 0 unspecified atom stereocenters. The molecule has 0 aromatic heterocycles. The van der Waals surface area contributed by atoms with Gasteiger partial charge in [0.05, 0.1) is 0 Å². The Hall–Kier alpha value is -1.35. The van der Waals surface area contributed by atoms with E-state index < -0.39 is 0 Å². The molecule has 1 fully saturated rings. The van der Waals surface area contributed by atoms with E-state index in [-0.39, 0.29) is 5.91 Å². The van der Waals surface area contributed by atoms with Crippen LogP contribution in [0.1, 0.15) is 49.7 Å². The molecule has 104 valence electrons. The Kier molecular flexibility index (Phi) is 5.40. The Labute approximate surface area is 115 Å². The van der Waals surface area contributed by atoms with E-state index >= 15 is 0 Å². The number of hydrogen-bond acceptors (Lipinski definition) is 2. The van der Waals surface area contributed by atoms with E-state index in [2.05, 4.69) is 5.32 Å². The summed E-state index contributed by atoms with van der Waals surface area (Å²) in [5.41, 5.74) is 7.93. The summed E-state index contributed by atoms with van der Waals surface area (Å²) in [6, 6.07) is 8.02. The zero-order valence-corrected chi connectivity index (χ0v) is 11.5. The maximum Gasteiger partial charge on any atom is 0.220 e. The van der Waals surface area contributed by atoms with Gasteiger partial charge in [-0.2, -0.15) is 0 Å². The Morgan fingerprint density at radius 2 is 1.84 bits per heavy atom. The fourth-order valence-corrected chi connectivity index (χ4v) is 2.85. The molecule has 1 saturated carbocycles. The van der Waals surface area contributed by atoms with Gasteiger partial charge in [0, 0.05) is 19.5 Å². The van der Waals surface area contributed by atoms with Crippen LogP contribution < -0.4 is 11.1 Å². The van der Waals surface area contributed by atoms with Crippen LogP contribution in [0.15, 0.2) is 24.3 Å². The predicted octanol–water partition coefficient (Wildman–Crippen LogP) is 2.73. The molecule has 3 N–H and O–H groups in total. The highest BCUT2D eigenvalue weighted by Gasteiger charge is 2.16. The van der Waals surface area contributed by atoms with Crippen molar-refractivity contribution < 1.29 is 4.79 Å². The number of amides is 1. The molecule has 0 aliphatic heterocycles. The largest absolute Gasteiger partial charge is 0.352 e. The molecule has 1 aliphatic rings. The number of hydrogen-bond donors (Lipinski definition) is 2. The first-order chi connectivity index (χ1) is 9.29. The smallest absolute Gasteiger partial charge is 0.220 e. The van der Waals surface area contributed by atoms with Gasteiger partial charge in [-0.3, -0.25) is 4.79 Å². The van der Waals surface area contributed by atoms with Gasteiger partial charge in [-0.05, 0) is 29.9 Å². The number of nitrogens with two attached hydrogens (primary N) is 1. The first kappa shape index (κ1) is 14.1. The first-order valence-electron chi connectivity index (χ1n) is 7.33. The fraction of sp³-hybridized carbons (Fsp3) is 0.562. The average Bonchev–Trinajstić information content (AvgIpc) is 2.46. The van der Waals surface area contributed by atoms with Crippen molar-refractivity contribution in [3.63, 3.8) is 0 Å². The lowest BCUT2D eigenvalue weighted by Gasteiger charge is -2.21. The molecule has 3 heteroatoms. The van der Waals surface area contributed by atoms with Crippen molar-refractivity contribution in [3.05, 3.63) is 35.4 Å². The van der Waals surface area contributed by atoms with E-state index in [1.807, 2.05) is 24.3 Å². The molecule has 19 heavy (non-hydrogen) atoms. The lowest BCUT2D eigenvalue weighted by atomic mass is 9.87. The number of benzene rings is 1. The van der Waals surface area contributed by atoms with Crippen LogP contribution in [0.4, 0.5) is 0 Å². The van der Waals surface area contributed by atoms with Crippen molar-refractivity contribution in [2.75, 3.05) is 0 Å². The third-order valence-electron chi connectivity index (χ3n) is 4.01. The van der Waals surface area contributed by atoms with Crippen LogP contribution in [0.2, 0.25) is 0 Å². The second-order valence-corrected chi connectivity index (χ2v) is 5.46. The summed E-state index contributed by atoms with van der Waals surface area (Å²) in [4.78, 5) is 11.9. The minimum absolute atomic E-state index is 0.179. The SMILES string of the molecule is NCc1ccccc1CNC(=O)CC1CCCCC1. The van der Waals surface area contributed by atoms with Gasteiger partial charge in [0.2, 0.25) is 5.91 Å². The maximum atomic E-state index is 11.9. The van der Waals surface area contributed by atoms with Crippen LogP contribution in [-0.4, -0.2) is 5.91 Å². The average molecular weight is 260 g/mol. The molecule has 1 aliphatic carbocycles. The van der Waals surface area contributed by atoms with E-state index in [9.17, 15) is 4.79 Å².